The molecular weight excluding hydrogens is 359 g/mol. The summed E-state index contributed by atoms with van der Waals surface area (Å²) in [5.74, 6) is 1.37. The first-order valence-corrected chi connectivity index (χ1v) is 8.71. The van der Waals surface area contributed by atoms with Gasteiger partial charge in [0.1, 0.15) is 0 Å². The molecule has 2 aromatic carbocycles. The van der Waals surface area contributed by atoms with Crippen LogP contribution in [0.3, 0.4) is 0 Å². The van der Waals surface area contributed by atoms with E-state index in [9.17, 15) is 0 Å². The predicted octanol–water partition coefficient (Wildman–Crippen LogP) is 4.97. The van der Waals surface area contributed by atoms with Gasteiger partial charge in [-0.15, -0.1) is 0 Å². The molecule has 0 aliphatic carbocycles. The largest absolute Gasteiger partial charge is 0.493 e. The van der Waals surface area contributed by atoms with Crippen molar-refractivity contribution in [1.29, 1.82) is 5.26 Å². The fraction of sp³-hybridized carbons (Fsp3) is 0.316. The molecule has 2 rings (SSSR count). The van der Waals surface area contributed by atoms with Crippen molar-refractivity contribution in [3.8, 4) is 17.6 Å². The molecule has 0 atom stereocenters. The molecule has 0 aromatic heterocycles. The fourth-order valence-corrected chi connectivity index (χ4v) is 2.76. The summed E-state index contributed by atoms with van der Waals surface area (Å²) in [7, 11) is 1.61. The number of benzene rings is 2. The predicted molar refractivity (Wildman–Crippen MR) is 100 cm³/mol. The Morgan fingerprint density at radius 2 is 1.92 bits per heavy atom. The second-order valence-electron chi connectivity index (χ2n) is 5.43. The molecular formula is C19H20Cl2N2O2. The number of nitrogens with zero attached hydrogens (tertiary/aromatic N) is 1. The van der Waals surface area contributed by atoms with Gasteiger partial charge >= 0.3 is 0 Å². The number of ether oxygens (including phenoxy) is 2. The highest BCUT2D eigenvalue weighted by atomic mass is 35.5. The smallest absolute Gasteiger partial charge is 0.161 e. The zero-order valence-electron chi connectivity index (χ0n) is 14.0. The minimum Gasteiger partial charge on any atom is -0.493 e. The van der Waals surface area contributed by atoms with E-state index in [2.05, 4.69) is 11.4 Å². The van der Waals surface area contributed by atoms with Crippen molar-refractivity contribution < 1.29 is 9.47 Å². The third-order valence-corrected chi connectivity index (χ3v) is 4.17. The van der Waals surface area contributed by atoms with E-state index in [0.29, 0.717) is 54.1 Å². The SMILES string of the molecule is COc1ccc(CNCc2ccc(Cl)cc2Cl)cc1OCCCC#N. The van der Waals surface area contributed by atoms with Crippen LogP contribution in [-0.2, 0) is 13.1 Å². The molecule has 0 radical (unpaired) electrons. The van der Waals surface area contributed by atoms with E-state index >= 15 is 0 Å². The quantitative estimate of drug-likeness (QED) is 0.625. The highest BCUT2D eigenvalue weighted by Gasteiger charge is 2.07. The number of hydrogen-bond donors (Lipinski definition) is 1. The van der Waals surface area contributed by atoms with Crippen molar-refractivity contribution in [2.75, 3.05) is 13.7 Å². The van der Waals surface area contributed by atoms with Gasteiger partial charge in [-0.3, -0.25) is 0 Å². The first-order valence-electron chi connectivity index (χ1n) is 7.95. The molecule has 0 spiro atoms. The molecule has 0 saturated heterocycles. The first-order chi connectivity index (χ1) is 12.1. The summed E-state index contributed by atoms with van der Waals surface area (Å²) >= 11 is 12.1. The average Bonchev–Trinajstić information content (AvgIpc) is 2.61. The van der Waals surface area contributed by atoms with E-state index in [-0.39, 0.29) is 0 Å². The summed E-state index contributed by atoms with van der Waals surface area (Å²) < 4.78 is 11.0. The third kappa shape index (κ3) is 6.13. The van der Waals surface area contributed by atoms with Gasteiger partial charge in [0.15, 0.2) is 11.5 Å². The number of nitrogens with one attached hydrogen (secondary N) is 1. The van der Waals surface area contributed by atoms with E-state index in [1.54, 1.807) is 13.2 Å². The monoisotopic (exact) mass is 378 g/mol. The summed E-state index contributed by atoms with van der Waals surface area (Å²) in [4.78, 5) is 0. The molecule has 6 heteroatoms. The normalized spacial score (nSPS) is 10.3. The molecule has 2 aromatic rings. The van der Waals surface area contributed by atoms with Crippen LogP contribution in [0, 0.1) is 11.3 Å². The lowest BCUT2D eigenvalue weighted by molar-refractivity contribution is 0.290. The summed E-state index contributed by atoms with van der Waals surface area (Å²) in [5.41, 5.74) is 2.06. The molecule has 0 fully saturated rings. The Kier molecular flexibility index (Phi) is 7.87. The van der Waals surface area contributed by atoms with E-state index < -0.39 is 0 Å². The minimum absolute atomic E-state index is 0.478. The lowest BCUT2D eigenvalue weighted by Gasteiger charge is -2.13. The molecule has 0 saturated carbocycles. The fourth-order valence-electron chi connectivity index (χ4n) is 2.28. The summed E-state index contributed by atoms with van der Waals surface area (Å²) in [5, 5.41) is 13.2. The minimum atomic E-state index is 0.478. The Labute approximate surface area is 158 Å². The van der Waals surface area contributed by atoms with Gasteiger partial charge in [-0.1, -0.05) is 35.3 Å². The van der Waals surface area contributed by atoms with Crippen LogP contribution < -0.4 is 14.8 Å². The maximum Gasteiger partial charge on any atom is 0.161 e. The highest BCUT2D eigenvalue weighted by Crippen LogP contribution is 2.28. The molecule has 0 aliphatic heterocycles. The number of hydrogen-bond acceptors (Lipinski definition) is 4. The van der Waals surface area contributed by atoms with Crippen LogP contribution in [-0.4, -0.2) is 13.7 Å². The second kappa shape index (κ2) is 10.1. The zero-order valence-corrected chi connectivity index (χ0v) is 15.5. The zero-order chi connectivity index (χ0) is 18.1. The Morgan fingerprint density at radius 3 is 2.64 bits per heavy atom. The van der Waals surface area contributed by atoms with Crippen molar-refractivity contribution in [3.63, 3.8) is 0 Å². The van der Waals surface area contributed by atoms with Gasteiger partial charge in [0, 0.05) is 29.6 Å². The van der Waals surface area contributed by atoms with Gasteiger partial charge in [0.25, 0.3) is 0 Å². The van der Waals surface area contributed by atoms with Crippen LogP contribution in [0.25, 0.3) is 0 Å². The van der Waals surface area contributed by atoms with E-state index in [0.717, 1.165) is 11.1 Å². The molecule has 0 unspecified atom stereocenters. The van der Waals surface area contributed by atoms with Gasteiger partial charge in [-0.05, 0) is 41.8 Å². The molecule has 25 heavy (non-hydrogen) atoms. The van der Waals surface area contributed by atoms with Crippen LogP contribution in [0.1, 0.15) is 24.0 Å². The molecule has 1 N–H and O–H groups in total. The molecule has 0 heterocycles. The average molecular weight is 379 g/mol. The Bertz CT molecular complexity index is 745. The van der Waals surface area contributed by atoms with Crippen LogP contribution in [0.15, 0.2) is 36.4 Å². The van der Waals surface area contributed by atoms with Gasteiger partial charge in [-0.2, -0.15) is 5.26 Å². The van der Waals surface area contributed by atoms with Gasteiger partial charge in [-0.25, -0.2) is 0 Å². The summed E-state index contributed by atoms with van der Waals surface area (Å²) in [6.45, 7) is 1.79. The third-order valence-electron chi connectivity index (χ3n) is 3.58. The standard InChI is InChI=1S/C19H20Cl2N2O2/c1-24-18-7-4-14(10-19(18)25-9-3-2-8-22)12-23-13-15-5-6-16(20)11-17(15)21/h4-7,10-11,23H,2-3,9,12-13H2,1H3. The van der Waals surface area contributed by atoms with Crippen LogP contribution in [0.5, 0.6) is 11.5 Å². The molecule has 132 valence electrons. The topological polar surface area (TPSA) is 54.3 Å². The van der Waals surface area contributed by atoms with Crippen molar-refractivity contribution in [3.05, 3.63) is 57.6 Å². The number of rotatable bonds is 9. The lowest BCUT2D eigenvalue weighted by Crippen LogP contribution is -2.13. The first kappa shape index (κ1) is 19.4. The van der Waals surface area contributed by atoms with Crippen molar-refractivity contribution in [2.45, 2.75) is 25.9 Å². The number of methoxy groups -OCH3 is 1. The molecule has 0 amide bonds. The van der Waals surface area contributed by atoms with Crippen LogP contribution in [0.2, 0.25) is 10.0 Å². The molecule has 0 bridgehead atoms. The number of unbranched alkanes of at least 4 members (excludes halogenated alkanes) is 1. The van der Waals surface area contributed by atoms with Crippen LogP contribution in [0.4, 0.5) is 0 Å². The summed E-state index contributed by atoms with van der Waals surface area (Å²) in [6.07, 6.45) is 1.17. The van der Waals surface area contributed by atoms with E-state index in [1.165, 1.54) is 0 Å². The number of halogens is 2. The second-order valence-corrected chi connectivity index (χ2v) is 6.28. The Balaban J connectivity index is 1.93. The lowest BCUT2D eigenvalue weighted by atomic mass is 10.2. The van der Waals surface area contributed by atoms with Crippen molar-refractivity contribution >= 4 is 23.2 Å². The molecule has 4 nitrogen and oxygen atoms in total. The van der Waals surface area contributed by atoms with Crippen molar-refractivity contribution in [1.82, 2.24) is 5.32 Å². The molecule has 0 aliphatic rings. The van der Waals surface area contributed by atoms with Gasteiger partial charge < -0.3 is 14.8 Å². The Hall–Kier alpha value is -1.93. The van der Waals surface area contributed by atoms with E-state index in [1.807, 2.05) is 30.3 Å². The van der Waals surface area contributed by atoms with E-state index in [4.69, 9.17) is 37.9 Å². The van der Waals surface area contributed by atoms with Crippen LogP contribution >= 0.6 is 23.2 Å². The van der Waals surface area contributed by atoms with Gasteiger partial charge in [0.05, 0.1) is 19.8 Å². The summed E-state index contributed by atoms with van der Waals surface area (Å²) in [6, 6.07) is 13.4. The highest BCUT2D eigenvalue weighted by molar-refractivity contribution is 6.35. The van der Waals surface area contributed by atoms with Gasteiger partial charge in [0.2, 0.25) is 0 Å². The number of nitriles is 1. The van der Waals surface area contributed by atoms with Crippen molar-refractivity contribution in [2.24, 2.45) is 0 Å². The maximum atomic E-state index is 8.58. The Morgan fingerprint density at radius 1 is 1.08 bits per heavy atom. The maximum absolute atomic E-state index is 8.58.